The van der Waals surface area contributed by atoms with Crippen molar-refractivity contribution >= 4 is 33.3 Å². The highest BCUT2D eigenvalue weighted by Crippen LogP contribution is 2.30. The molecule has 0 bridgehead atoms. The van der Waals surface area contributed by atoms with Gasteiger partial charge in [0, 0.05) is 6.04 Å². The number of aromatic nitrogens is 2. The van der Waals surface area contributed by atoms with Gasteiger partial charge in [-0.15, -0.1) is 0 Å². The van der Waals surface area contributed by atoms with Crippen molar-refractivity contribution in [3.8, 4) is 0 Å². The van der Waals surface area contributed by atoms with E-state index in [2.05, 4.69) is 38.1 Å². The quantitative estimate of drug-likeness (QED) is 0.843. The zero-order chi connectivity index (χ0) is 11.5. The van der Waals surface area contributed by atoms with E-state index in [-0.39, 0.29) is 0 Å². The van der Waals surface area contributed by atoms with Gasteiger partial charge in [0.05, 0.1) is 4.47 Å². The molecule has 1 saturated carbocycles. The summed E-state index contributed by atoms with van der Waals surface area (Å²) in [4.78, 5) is 8.12. The van der Waals surface area contributed by atoms with Gasteiger partial charge >= 0.3 is 0 Å². The molecule has 16 heavy (non-hydrogen) atoms. The summed E-state index contributed by atoms with van der Waals surface area (Å²) in [5, 5.41) is 3.90. The first-order valence-corrected chi connectivity index (χ1v) is 6.76. The third-order valence-corrected chi connectivity index (χ3v) is 4.29. The molecule has 0 amide bonds. The van der Waals surface area contributed by atoms with Crippen molar-refractivity contribution in [3.63, 3.8) is 0 Å². The monoisotopic (exact) mass is 303 g/mol. The van der Waals surface area contributed by atoms with Crippen molar-refractivity contribution < 1.29 is 0 Å². The Balaban J connectivity index is 2.05. The number of nitrogens with zero attached hydrogens (tertiary/aromatic N) is 2. The lowest BCUT2D eigenvalue weighted by Crippen LogP contribution is -2.26. The van der Waals surface area contributed by atoms with Crippen LogP contribution in [0.5, 0.6) is 0 Å². The SMILES string of the molecule is CC1CCCC(Nc2ncnc(Cl)c2Br)C1. The first-order valence-electron chi connectivity index (χ1n) is 5.59. The first-order chi connectivity index (χ1) is 7.66. The van der Waals surface area contributed by atoms with Crippen molar-refractivity contribution in [1.82, 2.24) is 9.97 Å². The smallest absolute Gasteiger partial charge is 0.148 e. The largest absolute Gasteiger partial charge is 0.366 e. The predicted molar refractivity (Wildman–Crippen MR) is 69.8 cm³/mol. The fourth-order valence-corrected chi connectivity index (χ4v) is 2.66. The van der Waals surface area contributed by atoms with Gasteiger partial charge in [0.15, 0.2) is 0 Å². The summed E-state index contributed by atoms with van der Waals surface area (Å²) in [6, 6.07) is 0.506. The van der Waals surface area contributed by atoms with Crippen LogP contribution in [-0.2, 0) is 0 Å². The van der Waals surface area contributed by atoms with Crippen LogP contribution in [0, 0.1) is 5.92 Å². The third-order valence-electron chi connectivity index (χ3n) is 3.02. The van der Waals surface area contributed by atoms with E-state index in [0.717, 1.165) is 16.2 Å². The normalized spacial score (nSPS) is 25.4. The summed E-state index contributed by atoms with van der Waals surface area (Å²) in [5.74, 6) is 1.60. The molecule has 0 aromatic carbocycles. The van der Waals surface area contributed by atoms with Crippen molar-refractivity contribution in [3.05, 3.63) is 16.0 Å². The minimum atomic E-state index is 0.460. The number of halogens is 2. The van der Waals surface area contributed by atoms with Crippen LogP contribution >= 0.6 is 27.5 Å². The highest BCUT2D eigenvalue weighted by atomic mass is 79.9. The number of hydrogen-bond donors (Lipinski definition) is 1. The van der Waals surface area contributed by atoms with Crippen molar-refractivity contribution in [2.75, 3.05) is 5.32 Å². The molecule has 1 heterocycles. The van der Waals surface area contributed by atoms with E-state index in [1.54, 1.807) is 0 Å². The summed E-state index contributed by atoms with van der Waals surface area (Å²) >= 11 is 9.32. The van der Waals surface area contributed by atoms with Crippen LogP contribution in [0.4, 0.5) is 5.82 Å². The Morgan fingerprint density at radius 2 is 2.25 bits per heavy atom. The lowest BCUT2D eigenvalue weighted by Gasteiger charge is -2.28. The van der Waals surface area contributed by atoms with Crippen LogP contribution < -0.4 is 5.32 Å². The second-order valence-electron chi connectivity index (χ2n) is 4.44. The molecule has 1 fully saturated rings. The number of anilines is 1. The van der Waals surface area contributed by atoms with Gasteiger partial charge in [-0.2, -0.15) is 0 Å². The molecule has 0 saturated heterocycles. The maximum Gasteiger partial charge on any atom is 0.148 e. The minimum absolute atomic E-state index is 0.460. The summed E-state index contributed by atoms with van der Waals surface area (Å²) in [5.41, 5.74) is 0. The van der Waals surface area contributed by atoms with Gasteiger partial charge in [-0.3, -0.25) is 0 Å². The standard InChI is InChI=1S/C11H15BrClN3/c1-7-3-2-4-8(5-7)16-11-9(12)10(13)14-6-15-11/h6-8H,2-5H2,1H3,(H,14,15,16). The Morgan fingerprint density at radius 1 is 1.44 bits per heavy atom. The van der Waals surface area contributed by atoms with Crippen LogP contribution in [-0.4, -0.2) is 16.0 Å². The molecule has 2 atom stereocenters. The number of hydrogen-bond acceptors (Lipinski definition) is 3. The zero-order valence-corrected chi connectivity index (χ0v) is 11.6. The van der Waals surface area contributed by atoms with Crippen LogP contribution in [0.3, 0.4) is 0 Å². The molecule has 2 rings (SSSR count). The molecule has 5 heteroatoms. The molecule has 0 spiro atoms. The van der Waals surface area contributed by atoms with Crippen molar-refractivity contribution in [2.24, 2.45) is 5.92 Å². The Hall–Kier alpha value is -0.350. The second-order valence-corrected chi connectivity index (χ2v) is 5.59. The highest BCUT2D eigenvalue weighted by Gasteiger charge is 2.20. The first kappa shape index (κ1) is 12.1. The van der Waals surface area contributed by atoms with Gasteiger partial charge in [-0.05, 0) is 34.7 Å². The molecule has 1 aliphatic carbocycles. The van der Waals surface area contributed by atoms with E-state index in [4.69, 9.17) is 11.6 Å². The van der Waals surface area contributed by atoms with Crippen LogP contribution in [0.25, 0.3) is 0 Å². The van der Waals surface area contributed by atoms with Gasteiger partial charge < -0.3 is 5.32 Å². The van der Waals surface area contributed by atoms with Crippen LogP contribution in [0.15, 0.2) is 10.8 Å². The fraction of sp³-hybridized carbons (Fsp3) is 0.636. The summed E-state index contributed by atoms with van der Waals surface area (Å²) in [6.45, 7) is 2.30. The van der Waals surface area contributed by atoms with Gasteiger partial charge in [0.1, 0.15) is 17.3 Å². The van der Waals surface area contributed by atoms with Gasteiger partial charge in [-0.1, -0.05) is 31.4 Å². The van der Waals surface area contributed by atoms with Crippen LogP contribution in [0.1, 0.15) is 32.6 Å². The lowest BCUT2D eigenvalue weighted by molar-refractivity contribution is 0.358. The van der Waals surface area contributed by atoms with E-state index in [1.165, 1.54) is 32.0 Å². The average Bonchev–Trinajstić information content (AvgIpc) is 2.25. The molecule has 0 radical (unpaired) electrons. The van der Waals surface area contributed by atoms with Crippen molar-refractivity contribution in [2.45, 2.75) is 38.6 Å². The Labute approximate surface area is 109 Å². The van der Waals surface area contributed by atoms with E-state index in [1.807, 2.05) is 0 Å². The molecule has 1 aliphatic rings. The molecule has 1 aromatic heterocycles. The zero-order valence-electron chi connectivity index (χ0n) is 9.21. The predicted octanol–water partition coefficient (Wildman–Crippen LogP) is 3.88. The van der Waals surface area contributed by atoms with Gasteiger partial charge in [0.25, 0.3) is 0 Å². The molecule has 1 aromatic rings. The fourth-order valence-electron chi connectivity index (χ4n) is 2.21. The van der Waals surface area contributed by atoms with Crippen LogP contribution in [0.2, 0.25) is 5.15 Å². The summed E-state index contributed by atoms with van der Waals surface area (Å²) in [6.07, 6.45) is 6.52. The van der Waals surface area contributed by atoms with Gasteiger partial charge in [0.2, 0.25) is 0 Å². The molecular formula is C11H15BrClN3. The molecule has 88 valence electrons. The molecule has 1 N–H and O–H groups in total. The third kappa shape index (κ3) is 2.86. The Morgan fingerprint density at radius 3 is 3.00 bits per heavy atom. The average molecular weight is 305 g/mol. The van der Waals surface area contributed by atoms with Crippen molar-refractivity contribution in [1.29, 1.82) is 0 Å². The summed E-state index contributed by atoms with van der Waals surface area (Å²) < 4.78 is 0.759. The van der Waals surface area contributed by atoms with E-state index < -0.39 is 0 Å². The molecular weight excluding hydrogens is 289 g/mol. The minimum Gasteiger partial charge on any atom is -0.366 e. The van der Waals surface area contributed by atoms with E-state index >= 15 is 0 Å². The molecule has 2 unspecified atom stereocenters. The lowest BCUT2D eigenvalue weighted by atomic mass is 9.87. The maximum atomic E-state index is 5.92. The summed E-state index contributed by atoms with van der Waals surface area (Å²) in [7, 11) is 0. The number of rotatable bonds is 2. The Bertz CT molecular complexity index is 372. The highest BCUT2D eigenvalue weighted by molar-refractivity contribution is 9.10. The second kappa shape index (κ2) is 5.32. The van der Waals surface area contributed by atoms with Gasteiger partial charge in [-0.25, -0.2) is 9.97 Å². The number of nitrogens with one attached hydrogen (secondary N) is 1. The van der Waals surface area contributed by atoms with E-state index in [0.29, 0.717) is 11.2 Å². The Kier molecular flexibility index (Phi) is 4.03. The topological polar surface area (TPSA) is 37.8 Å². The van der Waals surface area contributed by atoms with E-state index in [9.17, 15) is 0 Å². The maximum absolute atomic E-state index is 5.92. The molecule has 3 nitrogen and oxygen atoms in total. The molecule has 0 aliphatic heterocycles.